The van der Waals surface area contributed by atoms with Crippen LogP contribution in [0.25, 0.3) is 0 Å². The third-order valence-electron chi connectivity index (χ3n) is 7.88. The fourth-order valence-electron chi connectivity index (χ4n) is 6.25. The van der Waals surface area contributed by atoms with E-state index in [2.05, 4.69) is 13.2 Å². The Bertz CT molecular complexity index is 829. The van der Waals surface area contributed by atoms with Crippen molar-refractivity contribution in [2.45, 2.75) is 63.8 Å². The number of hydrogen-bond acceptors (Lipinski definition) is 5. The van der Waals surface area contributed by atoms with E-state index >= 15 is 0 Å². The van der Waals surface area contributed by atoms with E-state index in [1.165, 1.54) is 0 Å². The summed E-state index contributed by atoms with van der Waals surface area (Å²) in [5.74, 6) is -2.00. The van der Waals surface area contributed by atoms with Crippen molar-refractivity contribution in [3.05, 3.63) is 25.3 Å². The number of aliphatic hydroxyl groups is 1. The molecule has 3 rings (SSSR count). The number of ether oxygens (including phenoxy) is 1. The number of carbonyl (C=O) groups is 3. The third kappa shape index (κ3) is 3.71. The van der Waals surface area contributed by atoms with Crippen molar-refractivity contribution in [3.63, 3.8) is 0 Å². The normalized spacial score (nSPS) is 34.5. The average Bonchev–Trinajstić information content (AvgIpc) is 3.26. The van der Waals surface area contributed by atoms with Crippen LogP contribution in [0.4, 0.5) is 0 Å². The minimum absolute atomic E-state index is 0.00683. The molecular formula is C25H39N3O5. The van der Waals surface area contributed by atoms with Crippen molar-refractivity contribution in [1.29, 1.82) is 0 Å². The molecule has 1 spiro atoms. The van der Waals surface area contributed by atoms with Crippen molar-refractivity contribution < 1.29 is 24.2 Å². The van der Waals surface area contributed by atoms with Crippen LogP contribution in [0.15, 0.2) is 25.3 Å². The number of fused-ring (bicyclic) bond motifs is 1. The number of likely N-dealkylation sites (tertiary alicyclic amines) is 1. The van der Waals surface area contributed by atoms with Gasteiger partial charge in [0.1, 0.15) is 11.6 Å². The van der Waals surface area contributed by atoms with E-state index < -0.39 is 29.1 Å². The van der Waals surface area contributed by atoms with Crippen LogP contribution in [0.5, 0.6) is 0 Å². The Hall–Kier alpha value is -2.19. The molecule has 0 aliphatic carbocycles. The van der Waals surface area contributed by atoms with Crippen molar-refractivity contribution >= 4 is 17.7 Å². The summed E-state index contributed by atoms with van der Waals surface area (Å²) in [5.41, 5.74) is -1.91. The van der Waals surface area contributed by atoms with Gasteiger partial charge in [0.05, 0.1) is 17.4 Å². The van der Waals surface area contributed by atoms with E-state index in [0.29, 0.717) is 25.9 Å². The quantitative estimate of drug-likeness (QED) is 0.498. The lowest BCUT2D eigenvalue weighted by Gasteiger charge is -2.39. The highest BCUT2D eigenvalue weighted by molar-refractivity contribution is 5.99. The molecule has 0 saturated carbocycles. The topological polar surface area (TPSA) is 90.4 Å². The molecule has 0 aromatic heterocycles. The molecule has 3 saturated heterocycles. The minimum Gasteiger partial charge on any atom is -0.396 e. The first kappa shape index (κ1) is 25.4. The number of amides is 3. The second-order valence-corrected chi connectivity index (χ2v) is 10.2. The highest BCUT2D eigenvalue weighted by Crippen LogP contribution is 2.65. The molecule has 3 heterocycles. The number of nitrogens with zero attached hydrogens (tertiary/aromatic N) is 3. The first-order valence-electron chi connectivity index (χ1n) is 11.9. The summed E-state index contributed by atoms with van der Waals surface area (Å²) in [6.45, 7) is 16.2. The van der Waals surface area contributed by atoms with Crippen LogP contribution >= 0.6 is 0 Å². The van der Waals surface area contributed by atoms with Gasteiger partial charge in [-0.05, 0) is 39.5 Å². The Morgan fingerprint density at radius 2 is 1.91 bits per heavy atom. The molecule has 8 nitrogen and oxygen atoms in total. The lowest BCUT2D eigenvalue weighted by atomic mass is 9.62. The second kappa shape index (κ2) is 9.22. The molecule has 3 fully saturated rings. The van der Waals surface area contributed by atoms with Crippen LogP contribution in [-0.2, 0) is 19.1 Å². The second-order valence-electron chi connectivity index (χ2n) is 10.2. The Balaban J connectivity index is 2.12. The van der Waals surface area contributed by atoms with E-state index in [9.17, 15) is 19.5 Å². The molecule has 184 valence electrons. The van der Waals surface area contributed by atoms with Crippen molar-refractivity contribution in [3.8, 4) is 0 Å². The monoisotopic (exact) mass is 461 g/mol. The van der Waals surface area contributed by atoms with Gasteiger partial charge in [0.15, 0.2) is 0 Å². The molecule has 2 bridgehead atoms. The van der Waals surface area contributed by atoms with Gasteiger partial charge in [0.2, 0.25) is 17.7 Å². The zero-order valence-corrected chi connectivity index (χ0v) is 20.6. The van der Waals surface area contributed by atoms with Gasteiger partial charge in [-0.2, -0.15) is 0 Å². The van der Waals surface area contributed by atoms with E-state index in [1.54, 1.807) is 33.9 Å². The zero-order valence-electron chi connectivity index (χ0n) is 20.6. The largest absolute Gasteiger partial charge is 0.396 e. The number of rotatable bonds is 10. The van der Waals surface area contributed by atoms with Crippen LogP contribution in [0.2, 0.25) is 0 Å². The number of aliphatic hydroxyl groups excluding tert-OH is 1. The van der Waals surface area contributed by atoms with E-state index in [0.717, 1.165) is 0 Å². The van der Waals surface area contributed by atoms with Crippen molar-refractivity contribution in [2.75, 3.05) is 33.3 Å². The predicted octanol–water partition coefficient (Wildman–Crippen LogP) is 1.45. The summed E-state index contributed by atoms with van der Waals surface area (Å²) in [6.07, 6.45) is 4.21. The predicted molar refractivity (Wildman–Crippen MR) is 125 cm³/mol. The van der Waals surface area contributed by atoms with Crippen LogP contribution in [0, 0.1) is 17.8 Å². The maximum absolute atomic E-state index is 14.0. The zero-order chi connectivity index (χ0) is 24.7. The van der Waals surface area contributed by atoms with Crippen LogP contribution < -0.4 is 0 Å². The molecule has 3 aliphatic heterocycles. The van der Waals surface area contributed by atoms with E-state index in [4.69, 9.17) is 4.74 Å². The summed E-state index contributed by atoms with van der Waals surface area (Å²) in [6, 6.07) is -0.931. The Labute approximate surface area is 197 Å². The summed E-state index contributed by atoms with van der Waals surface area (Å²) < 4.78 is 6.70. The summed E-state index contributed by atoms with van der Waals surface area (Å²) in [4.78, 5) is 46.3. The molecule has 3 aliphatic rings. The maximum atomic E-state index is 14.0. The summed E-state index contributed by atoms with van der Waals surface area (Å²) in [5, 5.41) is 9.46. The molecule has 3 unspecified atom stereocenters. The summed E-state index contributed by atoms with van der Waals surface area (Å²) in [7, 11) is 1.70. The van der Waals surface area contributed by atoms with Gasteiger partial charge in [0.25, 0.3) is 0 Å². The van der Waals surface area contributed by atoms with Gasteiger partial charge < -0.3 is 24.5 Å². The fourth-order valence-corrected chi connectivity index (χ4v) is 6.25. The van der Waals surface area contributed by atoms with Gasteiger partial charge in [-0.1, -0.05) is 19.1 Å². The molecule has 33 heavy (non-hydrogen) atoms. The standard InChI is InChI=1S/C25H39N3O5/c1-8-11-26(7)21(30)18-19-22(31)28(13-10-14-29)20(23(32)27(12-9-2)16(3)4)25(19)15-17(5)24(18,6)33-25/h8-9,16-20,29H,1-2,10-15H2,3-7H3/t17?,18-,19-,20?,24+,25?/m0/s1. The van der Waals surface area contributed by atoms with Crippen molar-refractivity contribution in [1.82, 2.24) is 14.7 Å². The lowest BCUT2D eigenvalue weighted by molar-refractivity contribution is -0.155. The first-order chi connectivity index (χ1) is 15.5. The van der Waals surface area contributed by atoms with E-state index in [1.807, 2.05) is 27.7 Å². The molecule has 0 radical (unpaired) electrons. The molecule has 1 N–H and O–H groups in total. The van der Waals surface area contributed by atoms with E-state index in [-0.39, 0.29) is 42.8 Å². The van der Waals surface area contributed by atoms with Crippen LogP contribution in [0.3, 0.4) is 0 Å². The first-order valence-corrected chi connectivity index (χ1v) is 11.9. The number of hydrogen-bond donors (Lipinski definition) is 1. The average molecular weight is 462 g/mol. The summed E-state index contributed by atoms with van der Waals surface area (Å²) >= 11 is 0. The van der Waals surface area contributed by atoms with Crippen molar-refractivity contribution in [2.24, 2.45) is 17.8 Å². The molecular weight excluding hydrogens is 422 g/mol. The van der Waals surface area contributed by atoms with Gasteiger partial charge in [-0.15, -0.1) is 13.2 Å². The Kier molecular flexibility index (Phi) is 7.10. The molecule has 8 heteroatoms. The molecule has 0 aromatic carbocycles. The SMILES string of the molecule is C=CCN(C)C(=O)[C@@H]1[C@H]2C(=O)N(CCCO)C(C(=O)N(CC=C)C(C)C)C23CC(C)[C@@]1(C)O3. The van der Waals surface area contributed by atoms with Crippen LogP contribution in [0.1, 0.15) is 40.5 Å². The minimum atomic E-state index is -1.07. The lowest BCUT2D eigenvalue weighted by Crippen LogP contribution is -2.58. The molecule has 6 atom stereocenters. The number of carbonyl (C=O) groups excluding carboxylic acids is 3. The molecule has 3 amide bonds. The smallest absolute Gasteiger partial charge is 0.248 e. The van der Waals surface area contributed by atoms with Gasteiger partial charge >= 0.3 is 0 Å². The number of likely N-dealkylation sites (N-methyl/N-ethyl adjacent to an activating group) is 1. The molecule has 0 aromatic rings. The van der Waals surface area contributed by atoms with Crippen LogP contribution in [-0.4, -0.2) is 94.1 Å². The van der Waals surface area contributed by atoms with Gasteiger partial charge in [-0.25, -0.2) is 0 Å². The Morgan fingerprint density at radius 1 is 1.27 bits per heavy atom. The maximum Gasteiger partial charge on any atom is 0.248 e. The Morgan fingerprint density at radius 3 is 2.45 bits per heavy atom. The highest BCUT2D eigenvalue weighted by atomic mass is 16.5. The third-order valence-corrected chi connectivity index (χ3v) is 7.88. The van der Waals surface area contributed by atoms with Gasteiger partial charge in [-0.3, -0.25) is 14.4 Å². The fraction of sp³-hybridized carbons (Fsp3) is 0.720. The van der Waals surface area contributed by atoms with Gasteiger partial charge in [0, 0.05) is 39.3 Å². The highest BCUT2D eigenvalue weighted by Gasteiger charge is 2.80.